The molecule has 0 amide bonds. The highest BCUT2D eigenvalue weighted by Gasteiger charge is 2.37. The molecule has 0 radical (unpaired) electrons. The van der Waals surface area contributed by atoms with Crippen molar-refractivity contribution in [3.63, 3.8) is 0 Å². The Kier molecular flexibility index (Phi) is 6.14. The summed E-state index contributed by atoms with van der Waals surface area (Å²) in [6.45, 7) is 2.67. The molecular weight excluding hydrogens is 500 g/mol. The summed E-state index contributed by atoms with van der Waals surface area (Å²) >= 11 is 0. The van der Waals surface area contributed by atoms with E-state index in [4.69, 9.17) is 10.5 Å². The molecule has 1 aliphatic heterocycles. The molecule has 3 heterocycles. The quantitative estimate of drug-likeness (QED) is 0.344. The molecule has 2 aromatic heterocycles. The van der Waals surface area contributed by atoms with E-state index < -0.39 is 23.5 Å². The van der Waals surface area contributed by atoms with Crippen LogP contribution >= 0.6 is 0 Å². The third-order valence-corrected chi connectivity index (χ3v) is 6.07. The molecular formula is C25H19F6N5O. The van der Waals surface area contributed by atoms with Gasteiger partial charge in [-0.2, -0.15) is 26.3 Å². The molecule has 0 bridgehead atoms. The maximum atomic E-state index is 13.5. The summed E-state index contributed by atoms with van der Waals surface area (Å²) in [6, 6.07) is 10.1. The van der Waals surface area contributed by atoms with Gasteiger partial charge in [0.2, 0.25) is 0 Å². The normalized spacial score (nSPS) is 14.8. The zero-order valence-electron chi connectivity index (χ0n) is 19.1. The first-order chi connectivity index (χ1) is 17.5. The van der Waals surface area contributed by atoms with Crippen molar-refractivity contribution in [1.82, 2.24) is 15.0 Å². The van der Waals surface area contributed by atoms with Crippen LogP contribution in [0.4, 0.5) is 37.8 Å². The zero-order valence-corrected chi connectivity index (χ0v) is 19.1. The molecule has 0 atom stereocenters. The maximum absolute atomic E-state index is 13.5. The lowest BCUT2D eigenvalue weighted by Gasteiger charge is -2.28. The van der Waals surface area contributed by atoms with E-state index in [1.165, 1.54) is 6.07 Å². The van der Waals surface area contributed by atoms with Gasteiger partial charge in [0.15, 0.2) is 5.65 Å². The van der Waals surface area contributed by atoms with Crippen LogP contribution in [0, 0.1) is 0 Å². The molecule has 5 rings (SSSR count). The summed E-state index contributed by atoms with van der Waals surface area (Å²) in [6.07, 6.45) is -8.87. The topological polar surface area (TPSA) is 77.2 Å². The Labute approximate surface area is 206 Å². The second-order valence-electron chi connectivity index (χ2n) is 8.45. The van der Waals surface area contributed by atoms with Crippen LogP contribution in [-0.4, -0.2) is 41.3 Å². The second-order valence-corrected chi connectivity index (χ2v) is 8.45. The molecule has 12 heteroatoms. The lowest BCUT2D eigenvalue weighted by Crippen LogP contribution is -2.36. The summed E-state index contributed by atoms with van der Waals surface area (Å²) in [5.74, 6) is -0.118. The number of morpholine rings is 1. The predicted octanol–water partition coefficient (Wildman–Crippen LogP) is 5.82. The summed E-state index contributed by atoms with van der Waals surface area (Å²) in [7, 11) is 0. The molecule has 0 aliphatic carbocycles. The predicted molar refractivity (Wildman–Crippen MR) is 126 cm³/mol. The van der Waals surface area contributed by atoms with E-state index in [2.05, 4.69) is 19.9 Å². The van der Waals surface area contributed by atoms with Crippen LogP contribution < -0.4 is 10.6 Å². The molecule has 1 fully saturated rings. The van der Waals surface area contributed by atoms with Crippen LogP contribution in [0.3, 0.4) is 0 Å². The van der Waals surface area contributed by atoms with Gasteiger partial charge >= 0.3 is 12.4 Å². The molecule has 37 heavy (non-hydrogen) atoms. The number of anilines is 2. The molecule has 192 valence electrons. The SMILES string of the molecule is Nc1ncnc2nc(-c3ccc(N4CCOCC4)cc3)cc(-c3cc(C(F)(F)F)cc(C(F)(F)F)c3)c12. The van der Waals surface area contributed by atoms with E-state index in [9.17, 15) is 26.3 Å². The number of rotatable bonds is 3. The van der Waals surface area contributed by atoms with Crippen LogP contribution in [0.15, 0.2) is 54.9 Å². The van der Waals surface area contributed by atoms with E-state index in [1.54, 1.807) is 12.1 Å². The number of aromatic nitrogens is 3. The minimum atomic E-state index is -5.00. The van der Waals surface area contributed by atoms with E-state index in [1.807, 2.05) is 12.1 Å². The number of nitrogens with two attached hydrogens (primary N) is 1. The monoisotopic (exact) mass is 519 g/mol. The molecule has 0 unspecified atom stereocenters. The van der Waals surface area contributed by atoms with Crippen molar-refractivity contribution in [3.05, 3.63) is 66.0 Å². The number of nitrogens with zero attached hydrogens (tertiary/aromatic N) is 4. The van der Waals surface area contributed by atoms with E-state index in [-0.39, 0.29) is 34.0 Å². The number of benzene rings is 2. The van der Waals surface area contributed by atoms with Crippen molar-refractivity contribution < 1.29 is 31.1 Å². The Hall–Kier alpha value is -3.93. The van der Waals surface area contributed by atoms with E-state index in [0.717, 1.165) is 25.1 Å². The molecule has 0 spiro atoms. The fraction of sp³-hybridized carbons (Fsp3) is 0.240. The molecule has 1 saturated heterocycles. The van der Waals surface area contributed by atoms with Crippen LogP contribution in [0.25, 0.3) is 33.4 Å². The van der Waals surface area contributed by atoms with Crippen LogP contribution in [0.1, 0.15) is 11.1 Å². The van der Waals surface area contributed by atoms with Gasteiger partial charge in [-0.05, 0) is 47.5 Å². The summed E-state index contributed by atoms with van der Waals surface area (Å²) in [5.41, 5.74) is 4.68. The molecule has 2 aromatic carbocycles. The fourth-order valence-electron chi connectivity index (χ4n) is 4.24. The molecule has 1 aliphatic rings. The van der Waals surface area contributed by atoms with Gasteiger partial charge in [0.1, 0.15) is 12.1 Å². The van der Waals surface area contributed by atoms with Crippen molar-refractivity contribution in [2.24, 2.45) is 0 Å². The highest BCUT2D eigenvalue weighted by Crippen LogP contribution is 2.41. The third kappa shape index (κ3) is 5.01. The van der Waals surface area contributed by atoms with Crippen LogP contribution in [0.2, 0.25) is 0 Å². The standard InChI is InChI=1S/C25H19F6N5O/c26-24(27,28)16-9-15(10-17(11-16)25(29,30)31)19-12-20(35-23-21(19)22(32)33-13-34-23)14-1-3-18(4-2-14)36-5-7-37-8-6-36/h1-4,9-13H,5-8H2,(H2,32,33,34,35). The average Bonchev–Trinajstić information content (AvgIpc) is 2.87. The van der Waals surface area contributed by atoms with Gasteiger partial charge in [0, 0.05) is 24.3 Å². The largest absolute Gasteiger partial charge is 0.416 e. The number of nitrogen functional groups attached to an aromatic ring is 1. The average molecular weight is 519 g/mol. The van der Waals surface area contributed by atoms with Crippen LogP contribution in [-0.2, 0) is 17.1 Å². The molecule has 2 N–H and O–H groups in total. The summed E-state index contributed by atoms with van der Waals surface area (Å²) in [5, 5.41) is 0.0589. The smallest absolute Gasteiger partial charge is 0.383 e. The Morgan fingerprint density at radius 2 is 1.41 bits per heavy atom. The van der Waals surface area contributed by atoms with Gasteiger partial charge in [-0.25, -0.2) is 15.0 Å². The summed E-state index contributed by atoms with van der Waals surface area (Å²) < 4.78 is 86.6. The first kappa shape index (κ1) is 24.8. The third-order valence-electron chi connectivity index (χ3n) is 6.07. The van der Waals surface area contributed by atoms with E-state index >= 15 is 0 Å². The van der Waals surface area contributed by atoms with Gasteiger partial charge in [0.05, 0.1) is 35.4 Å². The first-order valence-corrected chi connectivity index (χ1v) is 11.1. The highest BCUT2D eigenvalue weighted by molar-refractivity contribution is 6.01. The number of ether oxygens (including phenoxy) is 1. The number of hydrogen-bond donors (Lipinski definition) is 1. The number of halogens is 6. The zero-order chi connectivity index (χ0) is 26.4. The molecule has 4 aromatic rings. The van der Waals surface area contributed by atoms with Gasteiger partial charge < -0.3 is 15.4 Å². The van der Waals surface area contributed by atoms with Gasteiger partial charge in [-0.3, -0.25) is 0 Å². The molecule has 0 saturated carbocycles. The number of fused-ring (bicyclic) bond motifs is 1. The fourth-order valence-corrected chi connectivity index (χ4v) is 4.24. The van der Waals surface area contributed by atoms with Crippen molar-refractivity contribution in [2.75, 3.05) is 36.9 Å². The number of hydrogen-bond acceptors (Lipinski definition) is 6. The van der Waals surface area contributed by atoms with Gasteiger partial charge in [-0.1, -0.05) is 12.1 Å². The Balaban J connectivity index is 1.68. The minimum Gasteiger partial charge on any atom is -0.383 e. The maximum Gasteiger partial charge on any atom is 0.416 e. The number of pyridine rings is 1. The lowest BCUT2D eigenvalue weighted by atomic mass is 9.95. The van der Waals surface area contributed by atoms with Crippen molar-refractivity contribution >= 4 is 22.5 Å². The number of alkyl halides is 6. The second kappa shape index (κ2) is 9.18. The van der Waals surface area contributed by atoms with Crippen LogP contribution in [0.5, 0.6) is 0 Å². The van der Waals surface area contributed by atoms with Crippen molar-refractivity contribution in [3.8, 4) is 22.4 Å². The molecule has 6 nitrogen and oxygen atoms in total. The van der Waals surface area contributed by atoms with E-state index in [0.29, 0.717) is 36.6 Å². The summed E-state index contributed by atoms with van der Waals surface area (Å²) in [4.78, 5) is 14.6. The Morgan fingerprint density at radius 3 is 2.00 bits per heavy atom. The first-order valence-electron chi connectivity index (χ1n) is 11.1. The Morgan fingerprint density at radius 1 is 0.784 bits per heavy atom. The lowest BCUT2D eigenvalue weighted by molar-refractivity contribution is -0.143. The van der Waals surface area contributed by atoms with Gasteiger partial charge in [0.25, 0.3) is 0 Å². The van der Waals surface area contributed by atoms with Crippen molar-refractivity contribution in [1.29, 1.82) is 0 Å². The minimum absolute atomic E-state index is 0.00644. The highest BCUT2D eigenvalue weighted by atomic mass is 19.4. The van der Waals surface area contributed by atoms with Gasteiger partial charge in [-0.15, -0.1) is 0 Å². The van der Waals surface area contributed by atoms with Crippen molar-refractivity contribution in [2.45, 2.75) is 12.4 Å². The Bertz CT molecular complexity index is 1420.